The highest BCUT2D eigenvalue weighted by Crippen LogP contribution is 2.19. The lowest BCUT2D eigenvalue weighted by atomic mass is 10.2. The molecule has 0 aliphatic carbocycles. The van der Waals surface area contributed by atoms with Crippen molar-refractivity contribution in [2.24, 2.45) is 0 Å². The lowest BCUT2D eigenvalue weighted by molar-refractivity contribution is 0.0600. The number of carbonyl (C=O) groups is 2. The lowest BCUT2D eigenvalue weighted by Crippen LogP contribution is -2.25. The molecule has 0 saturated carbocycles. The molecule has 3 aromatic rings. The molecule has 0 aliphatic heterocycles. The number of halogens is 1. The molecule has 8 nitrogen and oxygen atoms in total. The number of hydrogen-bond donors (Lipinski definition) is 1. The molecule has 0 aliphatic rings. The molecule has 2 heterocycles. The van der Waals surface area contributed by atoms with Crippen molar-refractivity contribution >= 4 is 23.5 Å². The number of aromatic nitrogens is 2. The van der Waals surface area contributed by atoms with Crippen LogP contribution in [0.4, 0.5) is 0 Å². The van der Waals surface area contributed by atoms with E-state index in [4.69, 9.17) is 20.8 Å². The van der Waals surface area contributed by atoms with E-state index in [1.807, 2.05) is 18.5 Å². The van der Waals surface area contributed by atoms with Gasteiger partial charge in [-0.25, -0.2) is 4.79 Å². The monoisotopic (exact) mass is 445 g/mol. The van der Waals surface area contributed by atoms with Gasteiger partial charge in [-0.15, -0.1) is 0 Å². The number of benzene rings is 1. The van der Waals surface area contributed by atoms with Crippen molar-refractivity contribution < 1.29 is 23.5 Å². The standard InChI is InChI=1S/C22H24ClN3O5/c1-14-20(23)15(2)26(25-14)12-4-11-24-21(27)19-10-9-18(31-19)13-30-17-7-5-16(6-8-17)22(28)29-3/h5-10H,4,11-13H2,1-3H3,(H,24,27). The third kappa shape index (κ3) is 5.67. The molecule has 2 aromatic heterocycles. The molecular weight excluding hydrogens is 422 g/mol. The lowest BCUT2D eigenvalue weighted by Gasteiger charge is -2.06. The minimum absolute atomic E-state index is 0.156. The smallest absolute Gasteiger partial charge is 0.337 e. The molecule has 3 rings (SSSR count). The highest BCUT2D eigenvalue weighted by molar-refractivity contribution is 6.31. The van der Waals surface area contributed by atoms with Gasteiger partial charge in [0.2, 0.25) is 0 Å². The summed E-state index contributed by atoms with van der Waals surface area (Å²) in [6.07, 6.45) is 0.711. The van der Waals surface area contributed by atoms with Crippen LogP contribution in [0.5, 0.6) is 5.75 Å². The second-order valence-corrected chi connectivity index (χ2v) is 7.27. The van der Waals surface area contributed by atoms with Gasteiger partial charge in [-0.1, -0.05) is 11.6 Å². The molecule has 0 fully saturated rings. The van der Waals surface area contributed by atoms with Gasteiger partial charge < -0.3 is 19.2 Å². The molecule has 0 saturated heterocycles. The van der Waals surface area contributed by atoms with Crippen molar-refractivity contribution in [2.75, 3.05) is 13.7 Å². The fourth-order valence-electron chi connectivity index (χ4n) is 2.95. The molecule has 0 bridgehead atoms. The molecule has 9 heteroatoms. The van der Waals surface area contributed by atoms with E-state index in [1.165, 1.54) is 7.11 Å². The van der Waals surface area contributed by atoms with E-state index in [2.05, 4.69) is 15.2 Å². The molecule has 0 radical (unpaired) electrons. The van der Waals surface area contributed by atoms with E-state index < -0.39 is 5.97 Å². The fraction of sp³-hybridized carbons (Fsp3) is 0.318. The average molecular weight is 446 g/mol. The van der Waals surface area contributed by atoms with E-state index >= 15 is 0 Å². The van der Waals surface area contributed by atoms with E-state index in [9.17, 15) is 9.59 Å². The molecule has 31 heavy (non-hydrogen) atoms. The SMILES string of the molecule is COC(=O)c1ccc(OCc2ccc(C(=O)NCCCn3nc(C)c(Cl)c3C)o2)cc1. The van der Waals surface area contributed by atoms with Crippen molar-refractivity contribution in [1.29, 1.82) is 0 Å². The van der Waals surface area contributed by atoms with Crippen LogP contribution in [0.15, 0.2) is 40.8 Å². The number of rotatable bonds is 9. The summed E-state index contributed by atoms with van der Waals surface area (Å²) in [5.41, 5.74) is 2.15. The Balaban J connectivity index is 1.43. The second kappa shape index (κ2) is 10.2. The Morgan fingerprint density at radius 2 is 1.90 bits per heavy atom. The number of hydrogen-bond acceptors (Lipinski definition) is 6. The van der Waals surface area contributed by atoms with Gasteiger partial charge in [0, 0.05) is 13.1 Å². The quantitative estimate of drug-likeness (QED) is 0.396. The largest absolute Gasteiger partial charge is 0.486 e. The molecule has 0 spiro atoms. The highest BCUT2D eigenvalue weighted by Gasteiger charge is 2.12. The Morgan fingerprint density at radius 1 is 1.16 bits per heavy atom. The Bertz CT molecular complexity index is 1060. The first-order chi connectivity index (χ1) is 14.9. The van der Waals surface area contributed by atoms with Gasteiger partial charge in [-0.3, -0.25) is 9.48 Å². The van der Waals surface area contributed by atoms with E-state index in [-0.39, 0.29) is 18.3 Å². The zero-order valence-electron chi connectivity index (χ0n) is 17.6. The zero-order chi connectivity index (χ0) is 22.4. The first kappa shape index (κ1) is 22.4. The number of carbonyl (C=O) groups excluding carboxylic acids is 2. The number of nitrogens with zero attached hydrogens (tertiary/aromatic N) is 2. The van der Waals surface area contributed by atoms with Crippen LogP contribution >= 0.6 is 11.6 Å². The van der Waals surface area contributed by atoms with Crippen molar-refractivity contribution in [3.8, 4) is 5.75 Å². The maximum absolute atomic E-state index is 12.3. The second-order valence-electron chi connectivity index (χ2n) is 6.89. The molecule has 1 amide bonds. The predicted octanol–water partition coefficient (Wildman–Crippen LogP) is 3.93. The van der Waals surface area contributed by atoms with Crippen LogP contribution in [-0.2, 0) is 17.9 Å². The maximum Gasteiger partial charge on any atom is 0.337 e. The molecule has 1 N–H and O–H groups in total. The summed E-state index contributed by atoms with van der Waals surface area (Å²) in [4.78, 5) is 23.7. The van der Waals surface area contributed by atoms with Crippen LogP contribution in [0.3, 0.4) is 0 Å². The summed E-state index contributed by atoms with van der Waals surface area (Å²) in [6.45, 7) is 5.08. The number of esters is 1. The van der Waals surface area contributed by atoms with Crippen LogP contribution in [0.25, 0.3) is 0 Å². The Hall–Kier alpha value is -3.26. The summed E-state index contributed by atoms with van der Waals surface area (Å²) >= 11 is 6.14. The highest BCUT2D eigenvalue weighted by atomic mass is 35.5. The van der Waals surface area contributed by atoms with Gasteiger partial charge in [0.15, 0.2) is 5.76 Å². The molecule has 1 aromatic carbocycles. The van der Waals surface area contributed by atoms with Crippen molar-refractivity contribution in [3.05, 3.63) is 69.9 Å². The van der Waals surface area contributed by atoms with Gasteiger partial charge in [-0.2, -0.15) is 5.10 Å². The third-order valence-electron chi connectivity index (χ3n) is 4.67. The van der Waals surface area contributed by atoms with Crippen molar-refractivity contribution in [2.45, 2.75) is 33.4 Å². The first-order valence-corrected chi connectivity index (χ1v) is 10.1. The molecule has 164 valence electrons. The third-order valence-corrected chi connectivity index (χ3v) is 5.21. The van der Waals surface area contributed by atoms with Crippen LogP contribution in [-0.4, -0.2) is 35.3 Å². The van der Waals surface area contributed by atoms with Crippen molar-refractivity contribution in [1.82, 2.24) is 15.1 Å². The Labute approximate surface area is 185 Å². The van der Waals surface area contributed by atoms with E-state index in [1.54, 1.807) is 36.4 Å². The van der Waals surface area contributed by atoms with Crippen LogP contribution in [0.1, 0.15) is 44.5 Å². The van der Waals surface area contributed by atoms with E-state index in [0.29, 0.717) is 41.6 Å². The number of furan rings is 1. The van der Waals surface area contributed by atoms with Crippen LogP contribution < -0.4 is 10.1 Å². The molecule has 0 unspecified atom stereocenters. The maximum atomic E-state index is 12.3. The minimum Gasteiger partial charge on any atom is -0.486 e. The number of ether oxygens (including phenoxy) is 2. The number of methoxy groups -OCH3 is 1. The first-order valence-electron chi connectivity index (χ1n) is 9.76. The fourth-order valence-corrected chi connectivity index (χ4v) is 3.08. The Morgan fingerprint density at radius 3 is 2.55 bits per heavy atom. The average Bonchev–Trinajstić information content (AvgIpc) is 3.35. The molecule has 0 atom stereocenters. The normalized spacial score (nSPS) is 10.7. The topological polar surface area (TPSA) is 95.6 Å². The van der Waals surface area contributed by atoms with Gasteiger partial charge in [0.05, 0.1) is 29.1 Å². The number of amides is 1. The van der Waals surface area contributed by atoms with Gasteiger partial charge in [0.25, 0.3) is 5.91 Å². The van der Waals surface area contributed by atoms with Crippen LogP contribution in [0, 0.1) is 13.8 Å². The number of aryl methyl sites for hydroxylation is 2. The van der Waals surface area contributed by atoms with Gasteiger partial charge in [-0.05, 0) is 56.7 Å². The minimum atomic E-state index is -0.410. The Kier molecular flexibility index (Phi) is 7.36. The predicted molar refractivity (Wildman–Crippen MR) is 114 cm³/mol. The summed E-state index contributed by atoms with van der Waals surface area (Å²) in [5, 5.41) is 7.87. The van der Waals surface area contributed by atoms with Gasteiger partial charge >= 0.3 is 5.97 Å². The number of nitrogens with one attached hydrogen (secondary N) is 1. The molecular formula is C22H24ClN3O5. The zero-order valence-corrected chi connectivity index (χ0v) is 18.4. The van der Waals surface area contributed by atoms with Gasteiger partial charge in [0.1, 0.15) is 18.1 Å². The summed E-state index contributed by atoms with van der Waals surface area (Å²) in [6, 6.07) is 9.85. The van der Waals surface area contributed by atoms with Crippen molar-refractivity contribution in [3.63, 3.8) is 0 Å². The van der Waals surface area contributed by atoms with Crippen LogP contribution in [0.2, 0.25) is 5.02 Å². The summed E-state index contributed by atoms with van der Waals surface area (Å²) in [5.74, 6) is 0.597. The van der Waals surface area contributed by atoms with E-state index in [0.717, 1.165) is 11.4 Å². The summed E-state index contributed by atoms with van der Waals surface area (Å²) in [7, 11) is 1.33. The summed E-state index contributed by atoms with van der Waals surface area (Å²) < 4.78 is 17.7.